The van der Waals surface area contributed by atoms with Crippen LogP contribution in [0.25, 0.3) is 6.08 Å². The predicted molar refractivity (Wildman–Crippen MR) is 81.3 cm³/mol. The largest absolute Gasteiger partial charge is 0.496 e. The molecular weight excluding hydrogens is 311 g/mol. The summed E-state index contributed by atoms with van der Waals surface area (Å²) < 4.78 is 48.4. The maximum atomic E-state index is 12.9. The van der Waals surface area contributed by atoms with Gasteiger partial charge in [0.25, 0.3) is 0 Å². The van der Waals surface area contributed by atoms with Gasteiger partial charge in [0.05, 0.1) is 12.7 Å². The predicted octanol–water partition coefficient (Wildman–Crippen LogP) is 4.25. The van der Waals surface area contributed by atoms with Crippen molar-refractivity contribution in [1.82, 2.24) is 5.32 Å². The Morgan fingerprint density at radius 2 is 1.91 bits per heavy atom. The normalized spacial score (nSPS) is 12.3. The number of rotatable bonds is 4. The Kier molecular flexibility index (Phi) is 6.06. The van der Waals surface area contributed by atoms with Crippen molar-refractivity contribution >= 4 is 12.2 Å². The first-order chi connectivity index (χ1) is 10.5. The van der Waals surface area contributed by atoms with E-state index in [2.05, 4.69) is 5.32 Å². The Morgan fingerprint density at radius 1 is 1.26 bits per heavy atom. The number of alkyl halides is 3. The van der Waals surface area contributed by atoms with E-state index in [9.17, 15) is 18.0 Å². The minimum Gasteiger partial charge on any atom is -0.496 e. The van der Waals surface area contributed by atoms with Crippen LogP contribution in [0, 0.1) is 0 Å². The molecule has 0 spiro atoms. The van der Waals surface area contributed by atoms with E-state index in [1.54, 1.807) is 20.8 Å². The maximum Gasteiger partial charge on any atom is 0.419 e. The minimum absolute atomic E-state index is 0.141. The molecule has 7 heteroatoms. The molecule has 128 valence electrons. The molecule has 0 bridgehead atoms. The molecule has 0 saturated carbocycles. The van der Waals surface area contributed by atoms with E-state index < -0.39 is 23.4 Å². The van der Waals surface area contributed by atoms with Crippen LogP contribution in [-0.2, 0) is 10.9 Å². The van der Waals surface area contributed by atoms with Gasteiger partial charge in [-0.25, -0.2) is 4.79 Å². The van der Waals surface area contributed by atoms with Gasteiger partial charge in [-0.3, -0.25) is 0 Å². The fourth-order valence-corrected chi connectivity index (χ4v) is 1.70. The van der Waals surface area contributed by atoms with E-state index in [4.69, 9.17) is 9.47 Å². The minimum atomic E-state index is -4.50. The van der Waals surface area contributed by atoms with Gasteiger partial charge in [-0.05, 0) is 38.5 Å². The third-order valence-electron chi connectivity index (χ3n) is 2.60. The zero-order valence-electron chi connectivity index (χ0n) is 13.5. The van der Waals surface area contributed by atoms with Crippen molar-refractivity contribution in [3.05, 3.63) is 35.4 Å². The number of methoxy groups -OCH3 is 1. The first-order valence-electron chi connectivity index (χ1n) is 6.91. The van der Waals surface area contributed by atoms with Crippen LogP contribution in [0.2, 0.25) is 0 Å². The lowest BCUT2D eigenvalue weighted by Crippen LogP contribution is -2.32. The number of hydrogen-bond acceptors (Lipinski definition) is 3. The summed E-state index contributed by atoms with van der Waals surface area (Å²) in [6.07, 6.45) is -2.07. The molecule has 1 aromatic rings. The molecule has 23 heavy (non-hydrogen) atoms. The van der Waals surface area contributed by atoms with Gasteiger partial charge in [0.15, 0.2) is 0 Å². The molecule has 1 rings (SSSR count). The van der Waals surface area contributed by atoms with Gasteiger partial charge in [-0.2, -0.15) is 13.2 Å². The second-order valence-electron chi connectivity index (χ2n) is 5.74. The molecule has 4 nitrogen and oxygen atoms in total. The first kappa shape index (κ1) is 18.9. The molecule has 0 unspecified atom stereocenters. The molecule has 0 aliphatic carbocycles. The molecule has 0 atom stereocenters. The van der Waals surface area contributed by atoms with Gasteiger partial charge < -0.3 is 14.8 Å². The van der Waals surface area contributed by atoms with Crippen molar-refractivity contribution < 1.29 is 27.4 Å². The number of halogens is 3. The van der Waals surface area contributed by atoms with Crippen LogP contribution >= 0.6 is 0 Å². The van der Waals surface area contributed by atoms with Crippen molar-refractivity contribution in [2.45, 2.75) is 32.5 Å². The summed E-state index contributed by atoms with van der Waals surface area (Å²) in [6.45, 7) is 5.34. The number of nitrogens with one attached hydrogen (secondary N) is 1. The van der Waals surface area contributed by atoms with Crippen LogP contribution in [0.4, 0.5) is 18.0 Å². The smallest absolute Gasteiger partial charge is 0.419 e. The number of amides is 1. The van der Waals surface area contributed by atoms with E-state index in [-0.39, 0.29) is 12.3 Å². The first-order valence-corrected chi connectivity index (χ1v) is 6.91. The second kappa shape index (κ2) is 7.39. The lowest BCUT2D eigenvalue weighted by molar-refractivity contribution is -0.138. The molecule has 0 fully saturated rings. The van der Waals surface area contributed by atoms with E-state index in [0.717, 1.165) is 6.07 Å². The summed E-state index contributed by atoms with van der Waals surface area (Å²) in [5.41, 5.74) is -1.10. The Hall–Kier alpha value is -2.18. The van der Waals surface area contributed by atoms with Crippen molar-refractivity contribution in [2.75, 3.05) is 13.7 Å². The van der Waals surface area contributed by atoms with Crippen LogP contribution in [-0.4, -0.2) is 25.3 Å². The zero-order valence-corrected chi connectivity index (χ0v) is 13.5. The topological polar surface area (TPSA) is 47.6 Å². The van der Waals surface area contributed by atoms with Gasteiger partial charge in [0, 0.05) is 6.54 Å². The third-order valence-corrected chi connectivity index (χ3v) is 2.60. The number of carbonyl (C=O) groups excluding carboxylic acids is 1. The highest BCUT2D eigenvalue weighted by atomic mass is 19.4. The van der Waals surface area contributed by atoms with E-state index in [1.165, 1.54) is 31.4 Å². The zero-order chi connectivity index (χ0) is 17.7. The van der Waals surface area contributed by atoms with E-state index >= 15 is 0 Å². The molecule has 0 aromatic heterocycles. The van der Waals surface area contributed by atoms with Gasteiger partial charge in [-0.15, -0.1) is 0 Å². The quantitative estimate of drug-likeness (QED) is 0.897. The number of alkyl carbamates (subject to hydrolysis) is 1. The van der Waals surface area contributed by atoms with Crippen molar-refractivity contribution in [2.24, 2.45) is 0 Å². The van der Waals surface area contributed by atoms with Crippen LogP contribution < -0.4 is 10.1 Å². The van der Waals surface area contributed by atoms with Crippen molar-refractivity contribution in [1.29, 1.82) is 0 Å². The number of ether oxygens (including phenoxy) is 2. The summed E-state index contributed by atoms with van der Waals surface area (Å²) in [5.74, 6) is -0.235. The highest BCUT2D eigenvalue weighted by Gasteiger charge is 2.34. The molecule has 0 saturated heterocycles. The highest BCUT2D eigenvalue weighted by molar-refractivity contribution is 5.68. The molecule has 0 heterocycles. The number of hydrogen-bond donors (Lipinski definition) is 1. The third kappa shape index (κ3) is 6.63. The Bertz CT molecular complexity index is 575. The highest BCUT2D eigenvalue weighted by Crippen LogP contribution is 2.36. The molecule has 0 aliphatic rings. The molecule has 0 radical (unpaired) electrons. The monoisotopic (exact) mass is 331 g/mol. The molecular formula is C16H20F3NO3. The Morgan fingerprint density at radius 3 is 2.43 bits per heavy atom. The van der Waals surface area contributed by atoms with Crippen LogP contribution in [0.3, 0.4) is 0 Å². The summed E-state index contributed by atoms with van der Waals surface area (Å²) in [6, 6.07) is 3.74. The summed E-state index contributed by atoms with van der Waals surface area (Å²) in [7, 11) is 1.19. The molecule has 1 N–H and O–H groups in total. The van der Waals surface area contributed by atoms with Crippen molar-refractivity contribution in [3.63, 3.8) is 0 Å². The van der Waals surface area contributed by atoms with Gasteiger partial charge >= 0.3 is 12.3 Å². The average molecular weight is 331 g/mol. The number of benzene rings is 1. The van der Waals surface area contributed by atoms with E-state index in [1.807, 2.05) is 0 Å². The second-order valence-corrected chi connectivity index (χ2v) is 5.74. The molecule has 0 aliphatic heterocycles. The van der Waals surface area contributed by atoms with E-state index in [0.29, 0.717) is 5.56 Å². The van der Waals surface area contributed by atoms with Gasteiger partial charge in [0.2, 0.25) is 0 Å². The fourth-order valence-electron chi connectivity index (χ4n) is 1.70. The lowest BCUT2D eigenvalue weighted by atomic mass is 10.1. The molecule has 1 aromatic carbocycles. The Labute approximate surface area is 133 Å². The van der Waals surface area contributed by atoms with Crippen LogP contribution in [0.5, 0.6) is 5.75 Å². The Balaban J connectivity index is 2.69. The average Bonchev–Trinajstić information content (AvgIpc) is 2.40. The standard InChI is InChI=1S/C16H20F3NO3/c1-15(2,3)23-14(21)20-9-5-6-11-7-8-13(22-4)12(10-11)16(17,18)19/h5-8,10H,9H2,1-4H3,(H,20,21). The van der Waals surface area contributed by atoms with Crippen molar-refractivity contribution in [3.8, 4) is 5.75 Å². The maximum absolute atomic E-state index is 12.9. The van der Waals surface area contributed by atoms with Crippen LogP contribution in [0.1, 0.15) is 31.9 Å². The fraction of sp³-hybridized carbons (Fsp3) is 0.438. The van der Waals surface area contributed by atoms with Crippen LogP contribution in [0.15, 0.2) is 24.3 Å². The number of carbonyl (C=O) groups is 1. The van der Waals surface area contributed by atoms with Gasteiger partial charge in [0.1, 0.15) is 11.4 Å². The summed E-state index contributed by atoms with van der Waals surface area (Å²) in [4.78, 5) is 11.4. The lowest BCUT2D eigenvalue weighted by Gasteiger charge is -2.19. The summed E-state index contributed by atoms with van der Waals surface area (Å²) >= 11 is 0. The summed E-state index contributed by atoms with van der Waals surface area (Å²) in [5, 5.41) is 2.48. The SMILES string of the molecule is COc1ccc(C=CCNC(=O)OC(C)(C)C)cc1C(F)(F)F. The van der Waals surface area contributed by atoms with Gasteiger partial charge in [-0.1, -0.05) is 18.2 Å². The molecule has 1 amide bonds.